The van der Waals surface area contributed by atoms with Crippen LogP contribution in [-0.4, -0.2) is 56.6 Å². The maximum Gasteiger partial charge on any atom is 0.328 e. The molecule has 8 aromatic carbocycles. The molecule has 2 heterocycles. The highest BCUT2D eigenvalue weighted by molar-refractivity contribution is 6.02. The van der Waals surface area contributed by atoms with Crippen LogP contribution >= 0.6 is 0 Å². The van der Waals surface area contributed by atoms with Crippen LogP contribution < -0.4 is 9.80 Å². The van der Waals surface area contributed by atoms with E-state index in [1.807, 2.05) is 73.1 Å². The molecule has 0 spiro atoms. The molecule has 0 fully saturated rings. The second-order valence-electron chi connectivity index (χ2n) is 18.2. The molecule has 0 unspecified atom stereocenters. The van der Waals surface area contributed by atoms with Crippen molar-refractivity contribution in [2.75, 3.05) is 23.9 Å². The summed E-state index contributed by atoms with van der Waals surface area (Å²) in [6.45, 7) is 4.36. The molecule has 0 atom stereocenters. The number of anilines is 4. The third-order valence-electron chi connectivity index (χ3n) is 13.5. The number of carboxylic acid groups (broad SMARTS) is 2. The van der Waals surface area contributed by atoms with E-state index in [2.05, 4.69) is 192 Å². The lowest BCUT2D eigenvalue weighted by atomic mass is 9.87. The first-order valence-corrected chi connectivity index (χ1v) is 25.2. The Morgan fingerprint density at radius 1 is 0.434 bits per heavy atom. The van der Waals surface area contributed by atoms with E-state index in [1.54, 1.807) is 12.2 Å². The lowest BCUT2D eigenvalue weighted by molar-refractivity contribution is -0.132. The van der Waals surface area contributed by atoms with Crippen molar-refractivity contribution in [3.05, 3.63) is 263 Å². The molecule has 0 saturated heterocycles. The number of carbonyl (C=O) groups is 2. The molecule has 10 rings (SSSR count). The lowest BCUT2D eigenvalue weighted by Gasteiger charge is -2.21. The van der Waals surface area contributed by atoms with E-state index in [9.17, 15) is 9.59 Å². The molecule has 0 bridgehead atoms. The van der Waals surface area contributed by atoms with Crippen molar-refractivity contribution in [1.82, 2.24) is 20.4 Å². The first kappa shape index (κ1) is 51.1. The highest BCUT2D eigenvalue weighted by Crippen LogP contribution is 2.39. The SMILES string of the molecule is CC/C(=C(/c1ccc(/C=C/C(=O)O)cc1)c1ccc2[nH]ncc2c1)c1ccc(N(C)c2ccccc2)cc1.CC/C(=C(\c1ccc(/C=C/C(=O)O)cc1)c1ccc2[nH]ncc2c1)c1ccc(N(C)c2ccccc2)cc1. The molecule has 0 amide bonds. The van der Waals surface area contributed by atoms with Gasteiger partial charge in [-0.25, -0.2) is 9.59 Å². The van der Waals surface area contributed by atoms with E-state index >= 15 is 0 Å². The number of allylic oxidation sites excluding steroid dienone is 2. The third kappa shape index (κ3) is 12.0. The Hall–Kier alpha value is -9.80. The van der Waals surface area contributed by atoms with Crippen LogP contribution in [0.1, 0.15) is 71.2 Å². The predicted molar refractivity (Wildman–Crippen MR) is 313 cm³/mol. The van der Waals surface area contributed by atoms with Gasteiger partial charge in [0.25, 0.3) is 0 Å². The standard InChI is InChI=1S/2C33H29N3O2/c2*1-3-30(24-14-17-29(18-15-24)36(2)28-7-5-4-6-8-28)33(26-16-19-31-27(21-26)22-34-35-31)25-12-9-23(10-13-25)11-20-32(37)38/h2*4-22H,3H2,1-2H3,(H,34,35)(H,37,38)/b20-11+,33-30+;20-11+,33-30-. The van der Waals surface area contributed by atoms with Crippen molar-refractivity contribution in [2.45, 2.75) is 26.7 Å². The van der Waals surface area contributed by atoms with Gasteiger partial charge in [0.1, 0.15) is 0 Å². The maximum absolute atomic E-state index is 10.9. The van der Waals surface area contributed by atoms with Gasteiger partial charge in [-0.1, -0.05) is 135 Å². The van der Waals surface area contributed by atoms with Crippen LogP contribution in [0.4, 0.5) is 22.7 Å². The number of para-hydroxylation sites is 2. The van der Waals surface area contributed by atoms with Crippen molar-refractivity contribution in [3.63, 3.8) is 0 Å². The Bertz CT molecular complexity index is 3470. The van der Waals surface area contributed by atoms with Crippen LogP contribution in [0.2, 0.25) is 0 Å². The zero-order valence-corrected chi connectivity index (χ0v) is 42.9. The number of aliphatic carboxylic acids is 2. The van der Waals surface area contributed by atoms with Crippen molar-refractivity contribution < 1.29 is 19.8 Å². The molecular weight excluding hydrogens is 941 g/mol. The summed E-state index contributed by atoms with van der Waals surface area (Å²) in [5.74, 6) is -1.92. The van der Waals surface area contributed by atoms with E-state index in [4.69, 9.17) is 10.2 Å². The molecule has 10 heteroatoms. The zero-order valence-electron chi connectivity index (χ0n) is 42.9. The van der Waals surface area contributed by atoms with Crippen LogP contribution in [0.25, 0.3) is 56.3 Å². The van der Waals surface area contributed by atoms with Crippen molar-refractivity contribution in [2.24, 2.45) is 0 Å². The van der Waals surface area contributed by atoms with E-state index in [-0.39, 0.29) is 0 Å². The van der Waals surface area contributed by atoms with Crippen molar-refractivity contribution in [3.8, 4) is 0 Å². The molecule has 0 aliphatic carbocycles. The van der Waals surface area contributed by atoms with Gasteiger partial charge in [0.05, 0.1) is 23.4 Å². The number of rotatable bonds is 16. The van der Waals surface area contributed by atoms with Gasteiger partial charge in [0.2, 0.25) is 0 Å². The number of carboxylic acids is 2. The van der Waals surface area contributed by atoms with Gasteiger partial charge >= 0.3 is 11.9 Å². The zero-order chi connectivity index (χ0) is 53.0. The van der Waals surface area contributed by atoms with Crippen LogP contribution in [-0.2, 0) is 9.59 Å². The smallest absolute Gasteiger partial charge is 0.328 e. The van der Waals surface area contributed by atoms with Gasteiger partial charge in [-0.15, -0.1) is 0 Å². The summed E-state index contributed by atoms with van der Waals surface area (Å²) in [5, 5.41) is 34.5. The van der Waals surface area contributed by atoms with Crippen LogP contribution in [0, 0.1) is 0 Å². The largest absolute Gasteiger partial charge is 0.478 e. The van der Waals surface area contributed by atoms with E-state index in [0.717, 1.165) is 125 Å². The Morgan fingerprint density at radius 3 is 1.11 bits per heavy atom. The second-order valence-corrected chi connectivity index (χ2v) is 18.2. The fraction of sp³-hybridized carbons (Fsp3) is 0.0909. The van der Waals surface area contributed by atoms with Crippen LogP contribution in [0.5, 0.6) is 0 Å². The molecule has 376 valence electrons. The number of H-pyrrole nitrogens is 2. The second kappa shape index (κ2) is 23.8. The average molecular weight is 999 g/mol. The minimum Gasteiger partial charge on any atom is -0.478 e. The fourth-order valence-corrected chi connectivity index (χ4v) is 9.51. The van der Waals surface area contributed by atoms with Gasteiger partial charge in [0, 0.05) is 59.8 Å². The first-order chi connectivity index (χ1) is 37.1. The van der Waals surface area contributed by atoms with E-state index < -0.39 is 11.9 Å². The Balaban J connectivity index is 0.000000186. The number of nitrogens with one attached hydrogen (secondary N) is 2. The summed E-state index contributed by atoms with van der Waals surface area (Å²) in [4.78, 5) is 26.2. The molecular formula is C66H58N6O4. The fourth-order valence-electron chi connectivity index (χ4n) is 9.51. The number of hydrogen-bond acceptors (Lipinski definition) is 6. The van der Waals surface area contributed by atoms with E-state index in [0.29, 0.717) is 0 Å². The number of nitrogens with zero attached hydrogens (tertiary/aromatic N) is 4. The molecule has 0 aliphatic rings. The van der Waals surface area contributed by atoms with Crippen molar-refractivity contribution >= 4 is 90.9 Å². The molecule has 76 heavy (non-hydrogen) atoms. The summed E-state index contributed by atoms with van der Waals surface area (Å²) in [6.07, 6.45) is 10.9. The normalized spacial score (nSPS) is 12.1. The predicted octanol–water partition coefficient (Wildman–Crippen LogP) is 15.6. The quantitative estimate of drug-likeness (QED) is 0.0555. The van der Waals surface area contributed by atoms with Gasteiger partial charge in [-0.3, -0.25) is 10.2 Å². The minimum atomic E-state index is -0.960. The van der Waals surface area contributed by atoms with Gasteiger partial charge in [-0.2, -0.15) is 10.2 Å². The van der Waals surface area contributed by atoms with Gasteiger partial charge in [-0.05, 0) is 165 Å². The van der Waals surface area contributed by atoms with E-state index in [1.165, 1.54) is 11.1 Å². The molecule has 0 radical (unpaired) electrons. The minimum absolute atomic E-state index is 0.840. The topological polar surface area (TPSA) is 138 Å². The summed E-state index contributed by atoms with van der Waals surface area (Å²) in [6, 6.07) is 66.8. The molecule has 0 saturated carbocycles. The summed E-state index contributed by atoms with van der Waals surface area (Å²) >= 11 is 0. The number of fused-ring (bicyclic) bond motifs is 2. The van der Waals surface area contributed by atoms with Crippen LogP contribution in [0.3, 0.4) is 0 Å². The highest BCUT2D eigenvalue weighted by Gasteiger charge is 2.17. The summed E-state index contributed by atoms with van der Waals surface area (Å²) < 4.78 is 0. The Kier molecular flexibility index (Phi) is 16.0. The first-order valence-electron chi connectivity index (χ1n) is 25.2. The van der Waals surface area contributed by atoms with Crippen molar-refractivity contribution in [1.29, 1.82) is 0 Å². The number of aromatic amines is 2. The number of aromatic nitrogens is 4. The molecule has 4 N–H and O–H groups in total. The molecule has 10 nitrogen and oxygen atoms in total. The molecule has 2 aromatic heterocycles. The van der Waals surface area contributed by atoms with Gasteiger partial charge < -0.3 is 20.0 Å². The Labute approximate surface area is 443 Å². The summed E-state index contributed by atoms with van der Waals surface area (Å²) in [5.41, 5.74) is 19.6. The Morgan fingerprint density at radius 2 is 0.763 bits per heavy atom. The molecule has 10 aromatic rings. The monoisotopic (exact) mass is 998 g/mol. The lowest BCUT2D eigenvalue weighted by Crippen LogP contribution is -2.09. The summed E-state index contributed by atoms with van der Waals surface area (Å²) in [7, 11) is 4.15. The van der Waals surface area contributed by atoms with Gasteiger partial charge in [0.15, 0.2) is 0 Å². The maximum atomic E-state index is 10.9. The number of hydrogen-bond donors (Lipinski definition) is 4. The molecule has 0 aliphatic heterocycles. The van der Waals surface area contributed by atoms with Crippen LogP contribution in [0.15, 0.2) is 219 Å². The third-order valence-corrected chi connectivity index (χ3v) is 13.5. The number of benzene rings is 8. The average Bonchev–Trinajstić information content (AvgIpc) is 4.16. The highest BCUT2D eigenvalue weighted by atomic mass is 16.4.